The minimum Gasteiger partial charge on any atom is -0.381 e. The third-order valence-electron chi connectivity index (χ3n) is 3.02. The fourth-order valence-electron chi connectivity index (χ4n) is 1.96. The van der Waals surface area contributed by atoms with Gasteiger partial charge in [-0.25, -0.2) is 0 Å². The van der Waals surface area contributed by atoms with Gasteiger partial charge in [-0.3, -0.25) is 0 Å². The minimum absolute atomic E-state index is 0.677. The van der Waals surface area contributed by atoms with Gasteiger partial charge in [0.2, 0.25) is 0 Å². The van der Waals surface area contributed by atoms with Crippen LogP contribution in [0.5, 0.6) is 0 Å². The van der Waals surface area contributed by atoms with Crippen LogP contribution < -0.4 is 0 Å². The molecule has 104 valence electrons. The molecule has 0 spiro atoms. The molecular weight excluding hydrogens is 208 g/mol. The molecule has 0 aromatic carbocycles. The highest BCUT2D eigenvalue weighted by atomic mass is 16.5. The van der Waals surface area contributed by atoms with Gasteiger partial charge in [-0.2, -0.15) is 0 Å². The van der Waals surface area contributed by atoms with Gasteiger partial charge in [0.25, 0.3) is 0 Å². The van der Waals surface area contributed by atoms with Gasteiger partial charge in [0.15, 0.2) is 0 Å². The maximum absolute atomic E-state index is 5.57. The second-order valence-corrected chi connectivity index (χ2v) is 6.13. The summed E-state index contributed by atoms with van der Waals surface area (Å²) in [5.41, 5.74) is 0. The molecule has 0 aliphatic carbocycles. The van der Waals surface area contributed by atoms with Crippen molar-refractivity contribution in [1.82, 2.24) is 0 Å². The topological polar surface area (TPSA) is 9.23 Å². The van der Waals surface area contributed by atoms with Crippen LogP contribution in [0.4, 0.5) is 0 Å². The van der Waals surface area contributed by atoms with E-state index in [2.05, 4.69) is 27.7 Å². The Bertz CT molecular complexity index is 124. The highest BCUT2D eigenvalue weighted by molar-refractivity contribution is 4.49. The number of unbranched alkanes of at least 4 members (excludes halogenated alkanes) is 6. The lowest BCUT2D eigenvalue weighted by atomic mass is 10.0. The molecule has 0 aromatic rings. The lowest BCUT2D eigenvalue weighted by Crippen LogP contribution is -2.02. The van der Waals surface area contributed by atoms with Crippen molar-refractivity contribution in [2.75, 3.05) is 13.2 Å². The molecule has 0 radical (unpaired) electrons. The van der Waals surface area contributed by atoms with E-state index in [0.717, 1.165) is 19.1 Å². The van der Waals surface area contributed by atoms with Crippen LogP contribution in [0, 0.1) is 11.8 Å². The van der Waals surface area contributed by atoms with Gasteiger partial charge in [-0.1, -0.05) is 72.6 Å². The van der Waals surface area contributed by atoms with Crippen LogP contribution >= 0.6 is 0 Å². The summed E-state index contributed by atoms with van der Waals surface area (Å²) in [5, 5.41) is 0. The van der Waals surface area contributed by atoms with Crippen molar-refractivity contribution in [1.29, 1.82) is 0 Å². The molecule has 0 amide bonds. The zero-order chi connectivity index (χ0) is 12.9. The molecule has 1 nitrogen and oxygen atoms in total. The van der Waals surface area contributed by atoms with Crippen molar-refractivity contribution in [3.8, 4) is 0 Å². The second kappa shape index (κ2) is 12.4. The lowest BCUT2D eigenvalue weighted by molar-refractivity contribution is 0.106. The van der Waals surface area contributed by atoms with E-state index in [1.54, 1.807) is 0 Å². The number of rotatable bonds is 12. The summed E-state index contributed by atoms with van der Waals surface area (Å²) in [5.74, 6) is 1.56. The molecule has 1 heteroatoms. The van der Waals surface area contributed by atoms with E-state index in [1.165, 1.54) is 51.4 Å². The Morgan fingerprint density at radius 1 is 0.647 bits per heavy atom. The summed E-state index contributed by atoms with van der Waals surface area (Å²) in [6, 6.07) is 0. The van der Waals surface area contributed by atoms with Crippen LogP contribution in [0.3, 0.4) is 0 Å². The molecule has 0 rings (SSSR count). The average molecular weight is 242 g/mol. The normalized spacial score (nSPS) is 11.6. The van der Waals surface area contributed by atoms with E-state index in [9.17, 15) is 0 Å². The van der Waals surface area contributed by atoms with Crippen molar-refractivity contribution < 1.29 is 4.74 Å². The van der Waals surface area contributed by atoms with E-state index < -0.39 is 0 Å². The quantitative estimate of drug-likeness (QED) is 0.414. The first kappa shape index (κ1) is 17.0. The highest BCUT2D eigenvalue weighted by Crippen LogP contribution is 2.12. The zero-order valence-electron chi connectivity index (χ0n) is 12.6. The molecule has 0 aliphatic heterocycles. The van der Waals surface area contributed by atoms with Gasteiger partial charge in [0.1, 0.15) is 0 Å². The largest absolute Gasteiger partial charge is 0.381 e. The monoisotopic (exact) mass is 242 g/mol. The number of hydrogen-bond donors (Lipinski definition) is 0. The Balaban J connectivity index is 2.94. The molecule has 0 saturated heterocycles. The van der Waals surface area contributed by atoms with Crippen LogP contribution in [0.1, 0.15) is 79.1 Å². The molecule has 0 heterocycles. The first-order chi connectivity index (χ1) is 8.13. The van der Waals surface area contributed by atoms with Gasteiger partial charge in [-0.15, -0.1) is 0 Å². The third kappa shape index (κ3) is 16.0. The van der Waals surface area contributed by atoms with Gasteiger partial charge in [0, 0.05) is 13.2 Å². The van der Waals surface area contributed by atoms with E-state index in [4.69, 9.17) is 4.74 Å². The predicted molar refractivity (Wildman–Crippen MR) is 77.4 cm³/mol. The fourth-order valence-corrected chi connectivity index (χ4v) is 1.96. The van der Waals surface area contributed by atoms with E-state index >= 15 is 0 Å². The molecule has 0 bridgehead atoms. The van der Waals surface area contributed by atoms with Crippen LogP contribution in [-0.4, -0.2) is 13.2 Å². The van der Waals surface area contributed by atoms with Crippen molar-refractivity contribution in [2.45, 2.75) is 79.1 Å². The van der Waals surface area contributed by atoms with Crippen molar-refractivity contribution >= 4 is 0 Å². The van der Waals surface area contributed by atoms with Crippen LogP contribution in [0.15, 0.2) is 0 Å². The zero-order valence-corrected chi connectivity index (χ0v) is 12.6. The van der Waals surface area contributed by atoms with E-state index in [0.29, 0.717) is 5.92 Å². The minimum atomic E-state index is 0.677. The molecule has 0 unspecified atom stereocenters. The number of ether oxygens (including phenoxy) is 1. The van der Waals surface area contributed by atoms with Gasteiger partial charge >= 0.3 is 0 Å². The average Bonchev–Trinajstić information content (AvgIpc) is 2.25. The van der Waals surface area contributed by atoms with Crippen LogP contribution in [-0.2, 0) is 4.74 Å². The maximum atomic E-state index is 5.57. The maximum Gasteiger partial charge on any atom is 0.0488 e. The number of hydrogen-bond acceptors (Lipinski definition) is 1. The van der Waals surface area contributed by atoms with Crippen molar-refractivity contribution in [2.24, 2.45) is 11.8 Å². The third-order valence-corrected chi connectivity index (χ3v) is 3.02. The second-order valence-electron chi connectivity index (χ2n) is 6.13. The molecule has 0 atom stereocenters. The van der Waals surface area contributed by atoms with E-state index in [1.807, 2.05) is 0 Å². The van der Waals surface area contributed by atoms with Crippen LogP contribution in [0.25, 0.3) is 0 Å². The molecule has 17 heavy (non-hydrogen) atoms. The molecule has 0 saturated carbocycles. The summed E-state index contributed by atoms with van der Waals surface area (Å²) in [6.45, 7) is 10.9. The van der Waals surface area contributed by atoms with Gasteiger partial charge < -0.3 is 4.74 Å². The molecule has 0 fully saturated rings. The Morgan fingerprint density at radius 2 is 1.18 bits per heavy atom. The van der Waals surface area contributed by atoms with Crippen LogP contribution in [0.2, 0.25) is 0 Å². The fraction of sp³-hybridized carbons (Fsp3) is 1.00. The summed E-state index contributed by atoms with van der Waals surface area (Å²) < 4.78 is 5.57. The first-order valence-electron chi connectivity index (χ1n) is 7.70. The first-order valence-corrected chi connectivity index (χ1v) is 7.70. The van der Waals surface area contributed by atoms with Crippen molar-refractivity contribution in [3.05, 3.63) is 0 Å². The Hall–Kier alpha value is -0.0400. The SMILES string of the molecule is CC(C)CCCCCCCCCOCC(C)C. The summed E-state index contributed by atoms with van der Waals surface area (Å²) in [4.78, 5) is 0. The Kier molecular flexibility index (Phi) is 12.4. The summed E-state index contributed by atoms with van der Waals surface area (Å²) in [6.07, 6.45) is 11.1. The molecular formula is C16H34O. The Labute approximate surface area is 109 Å². The summed E-state index contributed by atoms with van der Waals surface area (Å²) in [7, 11) is 0. The smallest absolute Gasteiger partial charge is 0.0488 e. The lowest BCUT2D eigenvalue weighted by Gasteiger charge is -2.06. The van der Waals surface area contributed by atoms with Crippen molar-refractivity contribution in [3.63, 3.8) is 0 Å². The molecule has 0 aromatic heterocycles. The van der Waals surface area contributed by atoms with Gasteiger partial charge in [-0.05, 0) is 18.3 Å². The summed E-state index contributed by atoms with van der Waals surface area (Å²) >= 11 is 0. The van der Waals surface area contributed by atoms with E-state index in [-0.39, 0.29) is 0 Å². The standard InChI is InChI=1S/C16H34O/c1-15(2)12-10-8-6-5-7-9-11-13-17-14-16(3)4/h15-16H,5-14H2,1-4H3. The van der Waals surface area contributed by atoms with Gasteiger partial charge in [0.05, 0.1) is 0 Å². The molecule has 0 N–H and O–H groups in total. The Morgan fingerprint density at radius 3 is 1.71 bits per heavy atom. The highest BCUT2D eigenvalue weighted by Gasteiger charge is 1.96. The molecule has 0 aliphatic rings. The predicted octanol–water partition coefficient (Wildman–Crippen LogP) is 5.44.